The summed E-state index contributed by atoms with van der Waals surface area (Å²) in [6.07, 6.45) is 1.51. The molecule has 0 spiro atoms. The minimum Gasteiger partial charge on any atom is -0.469 e. The third kappa shape index (κ3) is 4.19. The number of halogens is 1. The van der Waals surface area contributed by atoms with E-state index in [2.05, 4.69) is 15.2 Å². The number of likely N-dealkylation sites (tertiary alicyclic amines) is 1. The molecule has 0 atom stereocenters. The average Bonchev–Trinajstić information content (AvgIpc) is 2.55. The Morgan fingerprint density at radius 3 is 2.77 bits per heavy atom. The highest BCUT2D eigenvalue weighted by atomic mass is 19.1. The predicted octanol–water partition coefficient (Wildman–Crippen LogP) is 1.79. The summed E-state index contributed by atoms with van der Waals surface area (Å²) in [6, 6.07) is 6.49. The van der Waals surface area contributed by atoms with E-state index in [9.17, 15) is 9.18 Å². The van der Waals surface area contributed by atoms with Crippen molar-refractivity contribution in [3.05, 3.63) is 35.6 Å². The van der Waals surface area contributed by atoms with E-state index in [4.69, 9.17) is 4.74 Å². The Morgan fingerprint density at radius 1 is 1.45 bits per heavy atom. The number of piperidine rings is 1. The van der Waals surface area contributed by atoms with Gasteiger partial charge in [0, 0.05) is 26.7 Å². The first kappa shape index (κ1) is 16.3. The largest absolute Gasteiger partial charge is 0.469 e. The van der Waals surface area contributed by atoms with Gasteiger partial charge in [-0.1, -0.05) is 12.1 Å². The zero-order chi connectivity index (χ0) is 15.9. The maximum absolute atomic E-state index is 13.2. The fraction of sp³-hybridized carbons (Fsp3) is 0.500. The lowest BCUT2D eigenvalue weighted by atomic mass is 9.97. The van der Waals surface area contributed by atoms with Crippen molar-refractivity contribution in [2.45, 2.75) is 19.4 Å². The SMILES string of the molecule is CN=C(NCc1cccc(F)c1)N1CCC(C(=O)OC)CC1. The zero-order valence-electron chi connectivity index (χ0n) is 13.0. The molecule has 1 heterocycles. The number of esters is 1. The van der Waals surface area contributed by atoms with E-state index in [0.717, 1.165) is 37.5 Å². The van der Waals surface area contributed by atoms with E-state index < -0.39 is 0 Å². The van der Waals surface area contributed by atoms with Crippen LogP contribution in [0.4, 0.5) is 4.39 Å². The molecule has 1 aliphatic rings. The van der Waals surface area contributed by atoms with E-state index in [1.54, 1.807) is 13.1 Å². The molecule has 0 radical (unpaired) electrons. The summed E-state index contributed by atoms with van der Waals surface area (Å²) in [4.78, 5) is 17.9. The van der Waals surface area contributed by atoms with Gasteiger partial charge >= 0.3 is 5.97 Å². The zero-order valence-corrected chi connectivity index (χ0v) is 13.0. The second kappa shape index (κ2) is 7.77. The lowest BCUT2D eigenvalue weighted by Crippen LogP contribution is -2.46. The van der Waals surface area contributed by atoms with Crippen molar-refractivity contribution in [3.8, 4) is 0 Å². The Bertz CT molecular complexity index is 540. The van der Waals surface area contributed by atoms with Crippen molar-refractivity contribution in [2.75, 3.05) is 27.2 Å². The molecule has 120 valence electrons. The first-order valence-corrected chi connectivity index (χ1v) is 7.42. The van der Waals surface area contributed by atoms with E-state index in [-0.39, 0.29) is 17.7 Å². The number of methoxy groups -OCH3 is 1. The van der Waals surface area contributed by atoms with E-state index >= 15 is 0 Å². The first-order valence-electron chi connectivity index (χ1n) is 7.42. The number of hydrogen-bond acceptors (Lipinski definition) is 3. The molecule has 0 unspecified atom stereocenters. The highest BCUT2D eigenvalue weighted by Gasteiger charge is 2.26. The van der Waals surface area contributed by atoms with Crippen LogP contribution < -0.4 is 5.32 Å². The lowest BCUT2D eigenvalue weighted by molar-refractivity contribution is -0.146. The molecule has 1 N–H and O–H groups in total. The molecule has 1 aromatic rings. The molecule has 1 saturated heterocycles. The summed E-state index contributed by atoms with van der Waals surface area (Å²) in [5, 5.41) is 3.23. The summed E-state index contributed by atoms with van der Waals surface area (Å²) < 4.78 is 18.0. The third-order valence-electron chi connectivity index (χ3n) is 3.88. The van der Waals surface area contributed by atoms with Crippen LogP contribution in [0.1, 0.15) is 18.4 Å². The van der Waals surface area contributed by atoms with Gasteiger partial charge in [-0.05, 0) is 30.5 Å². The van der Waals surface area contributed by atoms with Crippen LogP contribution in [0.2, 0.25) is 0 Å². The molecule has 6 heteroatoms. The smallest absolute Gasteiger partial charge is 0.308 e. The Labute approximate surface area is 130 Å². The average molecular weight is 307 g/mol. The molecule has 0 aromatic heterocycles. The second-order valence-electron chi connectivity index (χ2n) is 5.32. The summed E-state index contributed by atoms with van der Waals surface area (Å²) in [5.74, 6) is 0.366. The van der Waals surface area contributed by atoms with Crippen LogP contribution in [-0.2, 0) is 16.1 Å². The molecular formula is C16H22FN3O2. The van der Waals surface area contributed by atoms with E-state index in [0.29, 0.717) is 6.54 Å². The Kier molecular flexibility index (Phi) is 5.75. The summed E-state index contributed by atoms with van der Waals surface area (Å²) in [5.41, 5.74) is 0.866. The van der Waals surface area contributed by atoms with Gasteiger partial charge in [0.25, 0.3) is 0 Å². The molecule has 2 rings (SSSR count). The Hall–Kier alpha value is -2.11. The molecule has 0 saturated carbocycles. The van der Waals surface area contributed by atoms with Crippen molar-refractivity contribution in [1.82, 2.24) is 10.2 Å². The van der Waals surface area contributed by atoms with Crippen molar-refractivity contribution >= 4 is 11.9 Å². The summed E-state index contributed by atoms with van der Waals surface area (Å²) in [7, 11) is 3.15. The van der Waals surface area contributed by atoms with E-state index in [1.165, 1.54) is 19.2 Å². The Balaban J connectivity index is 1.87. The molecule has 0 aliphatic carbocycles. The number of carbonyl (C=O) groups excluding carboxylic acids is 1. The quantitative estimate of drug-likeness (QED) is 0.525. The number of nitrogens with zero attached hydrogens (tertiary/aromatic N) is 2. The molecule has 0 bridgehead atoms. The van der Waals surface area contributed by atoms with Crippen molar-refractivity contribution < 1.29 is 13.9 Å². The molecule has 1 fully saturated rings. The molecule has 0 amide bonds. The summed E-state index contributed by atoms with van der Waals surface area (Å²) in [6.45, 7) is 2.02. The lowest BCUT2D eigenvalue weighted by Gasteiger charge is -2.33. The number of guanidine groups is 1. The maximum Gasteiger partial charge on any atom is 0.308 e. The first-order chi connectivity index (χ1) is 10.6. The molecule has 1 aromatic carbocycles. The van der Waals surface area contributed by atoms with Gasteiger partial charge in [-0.3, -0.25) is 9.79 Å². The predicted molar refractivity (Wildman–Crippen MR) is 82.9 cm³/mol. The van der Waals surface area contributed by atoms with Gasteiger partial charge < -0.3 is 15.0 Å². The minimum atomic E-state index is -0.242. The second-order valence-corrected chi connectivity index (χ2v) is 5.32. The standard InChI is InChI=1S/C16H22FN3O2/c1-18-16(19-11-12-4-3-5-14(17)10-12)20-8-6-13(7-9-20)15(21)22-2/h3-5,10,13H,6-9,11H2,1-2H3,(H,18,19). The number of rotatable bonds is 3. The fourth-order valence-corrected chi connectivity index (χ4v) is 2.65. The molecule has 5 nitrogen and oxygen atoms in total. The van der Waals surface area contributed by atoms with Crippen molar-refractivity contribution in [1.29, 1.82) is 0 Å². The number of nitrogens with one attached hydrogen (secondary N) is 1. The van der Waals surface area contributed by atoms with Gasteiger partial charge in [-0.25, -0.2) is 4.39 Å². The van der Waals surface area contributed by atoms with Crippen LogP contribution in [-0.4, -0.2) is 44.1 Å². The van der Waals surface area contributed by atoms with Gasteiger partial charge in [0.2, 0.25) is 0 Å². The van der Waals surface area contributed by atoms with Crippen LogP contribution in [0.5, 0.6) is 0 Å². The van der Waals surface area contributed by atoms with Crippen molar-refractivity contribution in [2.24, 2.45) is 10.9 Å². The van der Waals surface area contributed by atoms with Crippen LogP contribution in [0.3, 0.4) is 0 Å². The van der Waals surface area contributed by atoms with Gasteiger partial charge in [0.05, 0.1) is 13.0 Å². The van der Waals surface area contributed by atoms with Gasteiger partial charge in [0.1, 0.15) is 5.82 Å². The monoisotopic (exact) mass is 307 g/mol. The maximum atomic E-state index is 13.2. The van der Waals surface area contributed by atoms with Gasteiger partial charge in [-0.2, -0.15) is 0 Å². The highest BCUT2D eigenvalue weighted by Crippen LogP contribution is 2.18. The topological polar surface area (TPSA) is 53.9 Å². The van der Waals surface area contributed by atoms with Crippen LogP contribution in [0.15, 0.2) is 29.3 Å². The Morgan fingerprint density at radius 2 is 2.18 bits per heavy atom. The number of ether oxygens (including phenoxy) is 1. The molecular weight excluding hydrogens is 285 g/mol. The minimum absolute atomic E-state index is 0.0254. The molecule has 1 aliphatic heterocycles. The third-order valence-corrected chi connectivity index (χ3v) is 3.88. The summed E-state index contributed by atoms with van der Waals surface area (Å²) >= 11 is 0. The van der Waals surface area contributed by atoms with Crippen molar-refractivity contribution in [3.63, 3.8) is 0 Å². The van der Waals surface area contributed by atoms with E-state index in [1.807, 2.05) is 6.07 Å². The number of hydrogen-bond donors (Lipinski definition) is 1. The highest BCUT2D eigenvalue weighted by molar-refractivity contribution is 5.80. The van der Waals surface area contributed by atoms with Crippen LogP contribution >= 0.6 is 0 Å². The van der Waals surface area contributed by atoms with Gasteiger partial charge in [-0.15, -0.1) is 0 Å². The number of carbonyl (C=O) groups is 1. The number of benzene rings is 1. The fourth-order valence-electron chi connectivity index (χ4n) is 2.65. The van der Waals surface area contributed by atoms with Crippen LogP contribution in [0, 0.1) is 11.7 Å². The normalized spacial score (nSPS) is 16.5. The van der Waals surface area contributed by atoms with Gasteiger partial charge in [0.15, 0.2) is 5.96 Å². The number of aliphatic imine (C=N–C) groups is 1. The van der Waals surface area contributed by atoms with Crippen LogP contribution in [0.25, 0.3) is 0 Å². The molecule has 22 heavy (non-hydrogen) atoms.